The average Bonchev–Trinajstić information content (AvgIpc) is 3.36. The summed E-state index contributed by atoms with van der Waals surface area (Å²) in [7, 11) is 4.88. The van der Waals surface area contributed by atoms with Crippen LogP contribution < -0.4 is 20.7 Å². The van der Waals surface area contributed by atoms with Gasteiger partial charge in [0, 0.05) is 55.4 Å². The summed E-state index contributed by atoms with van der Waals surface area (Å²) in [4.78, 5) is 10.1. The first-order chi connectivity index (χ1) is 18.8. The van der Waals surface area contributed by atoms with Crippen molar-refractivity contribution in [1.29, 1.82) is 5.26 Å². The maximum absolute atomic E-state index is 15.8. The SMILES string of the molecule is CC(C)NCC1CC1(F)F.COc1nc(N(C)C)c2cc(Cl)c(-c3ccc(F)c4sc(N)c(C#N)c34)c(F)c2n1. The van der Waals surface area contributed by atoms with Gasteiger partial charge in [-0.05, 0) is 17.7 Å². The molecule has 1 fully saturated rings. The number of nitrogens with two attached hydrogens (primary N) is 1. The molecular formula is C27H27ClF4N6OS. The lowest BCUT2D eigenvalue weighted by molar-refractivity contribution is 0.0983. The maximum Gasteiger partial charge on any atom is 0.318 e. The Kier molecular flexibility index (Phi) is 8.31. The van der Waals surface area contributed by atoms with Gasteiger partial charge < -0.3 is 20.7 Å². The van der Waals surface area contributed by atoms with Crippen molar-refractivity contribution in [2.75, 3.05) is 38.4 Å². The second-order valence-corrected chi connectivity index (χ2v) is 11.3. The molecule has 0 bridgehead atoms. The second-order valence-electron chi connectivity index (χ2n) is 9.85. The number of thiophene rings is 1. The molecule has 0 radical (unpaired) electrons. The number of anilines is 2. The Hall–Kier alpha value is -3.40. The van der Waals surface area contributed by atoms with Crippen molar-refractivity contribution in [3.05, 3.63) is 40.4 Å². The fourth-order valence-electron chi connectivity index (χ4n) is 4.22. The number of nitrogens with one attached hydrogen (secondary N) is 1. The van der Waals surface area contributed by atoms with Crippen LogP contribution in [0.25, 0.3) is 32.1 Å². The third-order valence-electron chi connectivity index (χ3n) is 6.38. The summed E-state index contributed by atoms with van der Waals surface area (Å²) >= 11 is 7.42. The van der Waals surface area contributed by atoms with Crippen LogP contribution in [0, 0.1) is 28.9 Å². The first-order valence-electron chi connectivity index (χ1n) is 12.2. The lowest BCUT2D eigenvalue weighted by Crippen LogP contribution is -2.26. The number of nitriles is 1. The van der Waals surface area contributed by atoms with Crippen molar-refractivity contribution in [2.45, 2.75) is 32.2 Å². The van der Waals surface area contributed by atoms with Crippen LogP contribution in [-0.4, -0.2) is 49.7 Å². The number of alkyl halides is 2. The van der Waals surface area contributed by atoms with Crippen LogP contribution in [0.5, 0.6) is 6.01 Å². The molecule has 4 aromatic rings. The zero-order chi connectivity index (χ0) is 29.5. The van der Waals surface area contributed by atoms with Crippen molar-refractivity contribution in [3.8, 4) is 23.2 Å². The number of rotatable bonds is 6. The van der Waals surface area contributed by atoms with E-state index in [0.717, 1.165) is 11.3 Å². The number of ether oxygens (including phenoxy) is 1. The highest BCUT2D eigenvalue weighted by atomic mass is 35.5. The number of halogens is 5. The van der Waals surface area contributed by atoms with Crippen LogP contribution in [0.1, 0.15) is 25.8 Å². The number of benzene rings is 2. The maximum atomic E-state index is 15.8. The van der Waals surface area contributed by atoms with Gasteiger partial charge in [-0.2, -0.15) is 15.2 Å². The number of nitrogens with zero attached hydrogens (tertiary/aromatic N) is 4. The predicted octanol–water partition coefficient (Wildman–Crippen LogP) is 6.61. The summed E-state index contributed by atoms with van der Waals surface area (Å²) < 4.78 is 59.9. The molecule has 1 unspecified atom stereocenters. The quantitative estimate of drug-likeness (QED) is 0.242. The Balaban J connectivity index is 0.000000312. The molecule has 0 aliphatic heterocycles. The van der Waals surface area contributed by atoms with Gasteiger partial charge in [0.15, 0.2) is 5.82 Å². The molecule has 2 heterocycles. The number of methoxy groups -OCH3 is 1. The van der Waals surface area contributed by atoms with Crippen LogP contribution in [-0.2, 0) is 0 Å². The van der Waals surface area contributed by atoms with E-state index in [0.29, 0.717) is 23.8 Å². The third-order valence-corrected chi connectivity index (χ3v) is 7.70. The first kappa shape index (κ1) is 29.6. The van der Waals surface area contributed by atoms with E-state index in [-0.39, 0.29) is 54.7 Å². The van der Waals surface area contributed by atoms with E-state index in [2.05, 4.69) is 15.3 Å². The van der Waals surface area contributed by atoms with Crippen LogP contribution in [0.15, 0.2) is 18.2 Å². The standard InChI is InChI=1S/C20H14ClF2N5OS.C7H13F2N/c1-28(2)19-9-6-11(21)14(15(23)16(9)26-20(27-19)29-3)8-4-5-12(22)17-13(8)10(7-24)18(25)30-17;1-5(2)10-4-6-3-7(6,8)9/h4-6H,25H2,1-3H3;5-6,10H,3-4H2,1-2H3. The fourth-order valence-corrected chi connectivity index (χ4v) is 5.46. The molecule has 0 saturated heterocycles. The van der Waals surface area contributed by atoms with Gasteiger partial charge >= 0.3 is 6.01 Å². The Morgan fingerprint density at radius 1 is 1.30 bits per heavy atom. The van der Waals surface area contributed by atoms with Crippen molar-refractivity contribution in [2.24, 2.45) is 5.92 Å². The highest BCUT2D eigenvalue weighted by Crippen LogP contribution is 2.48. The molecule has 3 N–H and O–H groups in total. The number of aromatic nitrogens is 2. The predicted molar refractivity (Wildman–Crippen MR) is 151 cm³/mol. The van der Waals surface area contributed by atoms with E-state index < -0.39 is 23.5 Å². The molecule has 2 aromatic carbocycles. The third kappa shape index (κ3) is 5.59. The lowest BCUT2D eigenvalue weighted by Gasteiger charge is -2.17. The summed E-state index contributed by atoms with van der Waals surface area (Å²) in [6, 6.07) is 6.40. The topological polar surface area (TPSA) is 100 Å². The minimum atomic E-state index is -2.36. The van der Waals surface area contributed by atoms with Gasteiger partial charge in [-0.1, -0.05) is 31.5 Å². The van der Waals surface area contributed by atoms with E-state index in [4.69, 9.17) is 22.1 Å². The van der Waals surface area contributed by atoms with E-state index in [1.165, 1.54) is 19.2 Å². The molecule has 212 valence electrons. The van der Waals surface area contributed by atoms with Crippen molar-refractivity contribution in [3.63, 3.8) is 0 Å². The minimum absolute atomic E-state index is 0.00562. The Bertz CT molecular complexity index is 1640. The van der Waals surface area contributed by atoms with Crippen LogP contribution in [0.2, 0.25) is 5.02 Å². The van der Waals surface area contributed by atoms with Gasteiger partial charge in [0.1, 0.15) is 28.2 Å². The summed E-state index contributed by atoms with van der Waals surface area (Å²) in [6.45, 7) is 4.38. The Morgan fingerprint density at radius 2 is 1.98 bits per heavy atom. The van der Waals surface area contributed by atoms with E-state index in [1.807, 2.05) is 19.9 Å². The smallest absolute Gasteiger partial charge is 0.318 e. The summed E-state index contributed by atoms with van der Waals surface area (Å²) in [6.07, 6.45) is 0.0761. The lowest BCUT2D eigenvalue weighted by atomic mass is 9.97. The van der Waals surface area contributed by atoms with Gasteiger partial charge in [-0.25, -0.2) is 17.6 Å². The molecule has 0 amide bonds. The van der Waals surface area contributed by atoms with Crippen molar-refractivity contribution < 1.29 is 22.3 Å². The van der Waals surface area contributed by atoms with Crippen LogP contribution in [0.4, 0.5) is 28.4 Å². The first-order valence-corrected chi connectivity index (χ1v) is 13.4. The van der Waals surface area contributed by atoms with Gasteiger partial charge in [0.2, 0.25) is 0 Å². The summed E-state index contributed by atoms with van der Waals surface area (Å²) in [5.41, 5.74) is 6.21. The summed E-state index contributed by atoms with van der Waals surface area (Å²) in [5, 5.41) is 13.3. The van der Waals surface area contributed by atoms with E-state index in [9.17, 15) is 18.4 Å². The zero-order valence-electron chi connectivity index (χ0n) is 22.4. The van der Waals surface area contributed by atoms with Crippen molar-refractivity contribution >= 4 is 54.7 Å². The van der Waals surface area contributed by atoms with Crippen molar-refractivity contribution in [1.82, 2.24) is 15.3 Å². The molecule has 1 aliphatic rings. The van der Waals surface area contributed by atoms with Crippen LogP contribution >= 0.6 is 22.9 Å². The molecule has 1 aliphatic carbocycles. The van der Waals surface area contributed by atoms with E-state index in [1.54, 1.807) is 25.1 Å². The van der Waals surface area contributed by atoms with Gasteiger partial charge in [-0.15, -0.1) is 11.3 Å². The monoisotopic (exact) mass is 594 g/mol. The molecule has 5 rings (SSSR count). The average molecular weight is 595 g/mol. The van der Waals surface area contributed by atoms with Gasteiger partial charge in [0.25, 0.3) is 5.92 Å². The number of hydrogen-bond donors (Lipinski definition) is 2. The number of hydrogen-bond acceptors (Lipinski definition) is 8. The molecule has 1 atom stereocenters. The minimum Gasteiger partial charge on any atom is -0.467 e. The van der Waals surface area contributed by atoms with E-state index >= 15 is 4.39 Å². The zero-order valence-corrected chi connectivity index (χ0v) is 23.9. The molecule has 2 aromatic heterocycles. The second kappa shape index (κ2) is 11.2. The number of fused-ring (bicyclic) bond motifs is 2. The molecule has 0 spiro atoms. The fraction of sp³-hybridized carbons (Fsp3) is 0.370. The summed E-state index contributed by atoms with van der Waals surface area (Å²) in [5.74, 6) is -3.62. The normalized spacial score (nSPS) is 15.6. The van der Waals surface area contributed by atoms with Crippen LogP contribution in [0.3, 0.4) is 0 Å². The largest absolute Gasteiger partial charge is 0.467 e. The highest BCUT2D eigenvalue weighted by molar-refractivity contribution is 7.23. The highest BCUT2D eigenvalue weighted by Gasteiger charge is 2.56. The number of nitrogen functional groups attached to an aromatic ring is 1. The van der Waals surface area contributed by atoms with Gasteiger partial charge in [0.05, 0.1) is 22.4 Å². The molecule has 40 heavy (non-hydrogen) atoms. The van der Waals surface area contributed by atoms with Gasteiger partial charge in [-0.3, -0.25) is 0 Å². The Morgan fingerprint density at radius 3 is 2.52 bits per heavy atom. The Labute approximate surface area is 237 Å². The molecular weight excluding hydrogens is 568 g/mol. The molecule has 13 heteroatoms. The molecule has 7 nitrogen and oxygen atoms in total. The molecule has 1 saturated carbocycles.